The fourth-order valence-corrected chi connectivity index (χ4v) is 9.36. The number of nitrogens with two attached hydrogens (primary N) is 1. The second-order valence-corrected chi connectivity index (χ2v) is 15.0. The van der Waals surface area contributed by atoms with Crippen molar-refractivity contribution in [2.45, 2.75) is 29.6 Å². The molecule has 1 aromatic heterocycles. The molecule has 3 saturated heterocycles. The second-order valence-electron chi connectivity index (χ2n) is 15.0. The van der Waals surface area contributed by atoms with Gasteiger partial charge in [0.2, 0.25) is 17.8 Å². The Morgan fingerprint density at radius 3 is 2.20 bits per heavy atom. The first kappa shape index (κ1) is 37.3. The predicted molar refractivity (Wildman–Crippen MR) is 216 cm³/mol. The molecule has 0 aliphatic carbocycles. The molecule has 4 amide bonds. The van der Waals surface area contributed by atoms with Crippen LogP contribution in [0.25, 0.3) is 0 Å². The smallest absolute Gasteiger partial charge is 0.324 e. The fourth-order valence-electron chi connectivity index (χ4n) is 9.36. The molecule has 4 aliphatic rings. The number of aromatic hydroxyl groups is 1. The molecule has 4 aliphatic heterocycles. The third-order valence-corrected chi connectivity index (χ3v) is 11.8. The van der Waals surface area contributed by atoms with Crippen molar-refractivity contribution in [3.05, 3.63) is 149 Å². The number of carbonyl (C=O) groups excluding carboxylic acids is 4. The van der Waals surface area contributed by atoms with Gasteiger partial charge in [-0.25, -0.2) is 14.8 Å². The van der Waals surface area contributed by atoms with E-state index in [1.807, 2.05) is 70.5 Å². The van der Waals surface area contributed by atoms with Crippen LogP contribution < -0.4 is 21.3 Å². The van der Waals surface area contributed by atoms with Crippen LogP contribution in [0.15, 0.2) is 122 Å². The van der Waals surface area contributed by atoms with Crippen molar-refractivity contribution in [3.8, 4) is 17.6 Å². The van der Waals surface area contributed by atoms with Gasteiger partial charge in [-0.15, -0.1) is 0 Å². The minimum Gasteiger partial charge on any atom is -0.508 e. The van der Waals surface area contributed by atoms with E-state index >= 15 is 14.4 Å². The zero-order chi connectivity index (χ0) is 40.7. The van der Waals surface area contributed by atoms with E-state index in [0.29, 0.717) is 41.4 Å². The summed E-state index contributed by atoms with van der Waals surface area (Å²) in [4.78, 5) is 72.1. The molecule has 3 fully saturated rings. The lowest BCUT2D eigenvalue weighted by molar-refractivity contribution is -0.179. The Kier molecular flexibility index (Phi) is 9.66. The van der Waals surface area contributed by atoms with Gasteiger partial charge in [0.1, 0.15) is 23.3 Å². The third-order valence-electron chi connectivity index (χ3n) is 11.8. The summed E-state index contributed by atoms with van der Waals surface area (Å²) in [5, 5.41) is 16.1. The first-order valence-corrected chi connectivity index (χ1v) is 19.4. The Morgan fingerprint density at radius 2 is 1.53 bits per heavy atom. The topological polar surface area (TPSA) is 183 Å². The van der Waals surface area contributed by atoms with Gasteiger partial charge < -0.3 is 36.0 Å². The second kappa shape index (κ2) is 15.3. The number of fused-ring (bicyclic) bond motifs is 3. The number of benzene rings is 4. The average molecular weight is 789 g/mol. The molecule has 14 nitrogen and oxygen atoms in total. The summed E-state index contributed by atoms with van der Waals surface area (Å²) in [5.74, 6) is 3.80. The number of ether oxygens (including phenoxy) is 1. The summed E-state index contributed by atoms with van der Waals surface area (Å²) >= 11 is 0. The van der Waals surface area contributed by atoms with Crippen molar-refractivity contribution < 1.29 is 29.0 Å². The van der Waals surface area contributed by atoms with Crippen LogP contribution in [-0.4, -0.2) is 87.5 Å². The van der Waals surface area contributed by atoms with Gasteiger partial charge in [-0.05, 0) is 58.7 Å². The van der Waals surface area contributed by atoms with Gasteiger partial charge in [0.15, 0.2) is 0 Å². The number of nitrogens with one attached hydrogen (secondary N) is 2. The highest BCUT2D eigenvalue weighted by atomic mass is 16.6. The van der Waals surface area contributed by atoms with Gasteiger partial charge in [-0.3, -0.25) is 19.3 Å². The number of hydrogen-bond donors (Lipinski definition) is 4. The van der Waals surface area contributed by atoms with Gasteiger partial charge >= 0.3 is 12.0 Å². The molecule has 59 heavy (non-hydrogen) atoms. The van der Waals surface area contributed by atoms with Crippen molar-refractivity contribution in [3.63, 3.8) is 0 Å². The highest BCUT2D eigenvalue weighted by molar-refractivity contribution is 6.12. The molecular weight excluding hydrogens is 749 g/mol. The number of primary amides is 1. The summed E-state index contributed by atoms with van der Waals surface area (Å²) in [6, 6.07) is 29.2. The van der Waals surface area contributed by atoms with Gasteiger partial charge in [-0.1, -0.05) is 84.6 Å². The molecule has 4 aromatic carbocycles. The van der Waals surface area contributed by atoms with Gasteiger partial charge in [0.05, 0.1) is 24.5 Å². The summed E-state index contributed by atoms with van der Waals surface area (Å²) in [6.07, 6.45) is 2.52. The van der Waals surface area contributed by atoms with Crippen LogP contribution in [0.2, 0.25) is 0 Å². The molecular formula is C45H40N8O6. The van der Waals surface area contributed by atoms with Crippen LogP contribution >= 0.6 is 0 Å². The number of carbonyl (C=O) groups is 4. The molecule has 5 N–H and O–H groups in total. The average Bonchev–Trinajstić information content (AvgIpc) is 3.74. The van der Waals surface area contributed by atoms with Crippen molar-refractivity contribution >= 4 is 35.5 Å². The van der Waals surface area contributed by atoms with Crippen LogP contribution in [0.3, 0.4) is 0 Å². The molecule has 5 aromatic rings. The number of amides is 4. The van der Waals surface area contributed by atoms with Gasteiger partial charge in [0.25, 0.3) is 0 Å². The number of cyclic esters (lactones) is 1. The summed E-state index contributed by atoms with van der Waals surface area (Å²) < 4.78 is 6.52. The molecule has 5 heterocycles. The van der Waals surface area contributed by atoms with E-state index < -0.39 is 53.5 Å². The molecule has 0 radical (unpaired) electrons. The van der Waals surface area contributed by atoms with E-state index in [1.54, 1.807) is 65.8 Å². The number of phenolic OH excluding ortho intramolecular Hbond substituents is 1. The minimum absolute atomic E-state index is 0.00664. The highest BCUT2D eigenvalue weighted by Crippen LogP contribution is 2.65. The van der Waals surface area contributed by atoms with E-state index in [0.717, 1.165) is 11.1 Å². The Morgan fingerprint density at radius 1 is 0.847 bits per heavy atom. The highest BCUT2D eigenvalue weighted by Gasteiger charge is 2.74. The maximum atomic E-state index is 15.7. The number of esters is 1. The zero-order valence-corrected chi connectivity index (χ0v) is 31.8. The lowest BCUT2D eigenvalue weighted by Crippen LogP contribution is -2.58. The molecule has 296 valence electrons. The van der Waals surface area contributed by atoms with Gasteiger partial charge in [0, 0.05) is 49.8 Å². The Bertz CT molecular complexity index is 2470. The Balaban J connectivity index is 1.26. The first-order valence-electron chi connectivity index (χ1n) is 19.4. The van der Waals surface area contributed by atoms with E-state index in [1.165, 1.54) is 0 Å². The monoisotopic (exact) mass is 788 g/mol. The number of rotatable bonds is 6. The number of phenols is 1. The van der Waals surface area contributed by atoms with Crippen molar-refractivity contribution in [1.82, 2.24) is 25.1 Å². The minimum atomic E-state index is -1.71. The molecule has 0 unspecified atom stereocenters. The number of piperazine rings is 1. The maximum absolute atomic E-state index is 15.7. The predicted octanol–water partition coefficient (Wildman–Crippen LogP) is 3.82. The molecule has 1 spiro atoms. The maximum Gasteiger partial charge on any atom is 0.324 e. The lowest BCUT2D eigenvalue weighted by Gasteiger charge is -2.46. The molecule has 6 atom stereocenters. The Labute approximate surface area is 340 Å². The first-order chi connectivity index (χ1) is 28.8. The van der Waals surface area contributed by atoms with Crippen LogP contribution in [0.4, 0.5) is 16.4 Å². The van der Waals surface area contributed by atoms with E-state index in [2.05, 4.69) is 32.4 Å². The number of urea groups is 1. The van der Waals surface area contributed by atoms with Crippen LogP contribution in [0.1, 0.15) is 46.0 Å². The van der Waals surface area contributed by atoms with E-state index in [9.17, 15) is 9.90 Å². The third kappa shape index (κ3) is 6.45. The fraction of sp³-hybridized carbons (Fsp3) is 0.244. The van der Waals surface area contributed by atoms with E-state index in [4.69, 9.17) is 10.5 Å². The summed E-state index contributed by atoms with van der Waals surface area (Å²) in [6.45, 7) is 1.43. The normalized spacial score (nSPS) is 24.6. The molecule has 0 saturated carbocycles. The summed E-state index contributed by atoms with van der Waals surface area (Å²) in [7, 11) is 0. The molecule has 0 bridgehead atoms. The van der Waals surface area contributed by atoms with Gasteiger partial charge in [-0.2, -0.15) is 0 Å². The number of nitrogens with zero attached hydrogens (tertiary/aromatic N) is 5. The standard InChI is InChI=1S/C45H40N8O6/c46-43(58)47-20-7-9-28-14-19-34-33(27-28)45(42(57)50-34)35(40(55)51-23-25-52(26-24-51)44-48-21-8-22-49-44)37-41(56)59-38(30-12-5-2-6-13-30)36(29-10-3-1-4-11-29)53(37)39(45)31-15-17-32(54)18-16-31/h1-6,8,10-19,21-22,27,35-39,54H,20,23-26H2,(H,50,57)(H3,46,47,58)/t35-,36-,37-,38+,39+,45-/m0/s1. The lowest BCUT2D eigenvalue weighted by atomic mass is 9.65. The van der Waals surface area contributed by atoms with Crippen LogP contribution in [0, 0.1) is 17.8 Å². The largest absolute Gasteiger partial charge is 0.508 e. The van der Waals surface area contributed by atoms with Crippen LogP contribution in [-0.2, 0) is 24.5 Å². The number of anilines is 2. The quantitative estimate of drug-likeness (QED) is 0.146. The van der Waals surface area contributed by atoms with E-state index in [-0.39, 0.29) is 31.3 Å². The number of aromatic nitrogens is 2. The number of hydrogen-bond acceptors (Lipinski definition) is 10. The van der Waals surface area contributed by atoms with Crippen molar-refractivity contribution in [2.75, 3.05) is 42.9 Å². The molecule has 9 rings (SSSR count). The van der Waals surface area contributed by atoms with Crippen LogP contribution in [0.5, 0.6) is 5.75 Å². The number of morpholine rings is 1. The zero-order valence-electron chi connectivity index (χ0n) is 31.8. The Hall–Kier alpha value is -7.24. The molecule has 14 heteroatoms. The SMILES string of the molecule is NC(=O)NCC#Cc1ccc2c(c1)[C@]1(C(=O)N2)[C@H](C(=O)N2CCN(c3ncccn3)CC2)[C@H]2C(=O)O[C@H](c3ccccc3)[C@H](c3ccccc3)N2[C@@H]1c1ccc(O)cc1. The van der Waals surface area contributed by atoms with Crippen molar-refractivity contribution in [2.24, 2.45) is 11.7 Å². The summed E-state index contributed by atoms with van der Waals surface area (Å²) in [5.41, 5.74) is 7.23. The van der Waals surface area contributed by atoms with Crippen molar-refractivity contribution in [1.29, 1.82) is 0 Å².